The van der Waals surface area contributed by atoms with Gasteiger partial charge in [-0.25, -0.2) is 13.8 Å². The van der Waals surface area contributed by atoms with Gasteiger partial charge in [0.25, 0.3) is 5.91 Å². The topological polar surface area (TPSA) is 83.6 Å². The summed E-state index contributed by atoms with van der Waals surface area (Å²) in [5.74, 6) is -1.72. The smallest absolute Gasteiger partial charge is 0.349 e. The molecule has 0 bridgehead atoms. The van der Waals surface area contributed by atoms with E-state index in [1.165, 1.54) is 24.4 Å². The highest BCUT2D eigenvalue weighted by molar-refractivity contribution is 6.00. The van der Waals surface area contributed by atoms with Crippen LogP contribution in [0.4, 0.5) is 22.0 Å². The van der Waals surface area contributed by atoms with E-state index < -0.39 is 42.0 Å². The molecule has 1 aliphatic rings. The van der Waals surface area contributed by atoms with Crippen LogP contribution in [0.1, 0.15) is 58.8 Å². The zero-order chi connectivity index (χ0) is 27.7. The number of carbonyl (C=O) groups excluding carboxylic acids is 1. The largest absolute Gasteiger partial charge is 0.416 e. The number of aryl methyl sites for hydroxylation is 1. The van der Waals surface area contributed by atoms with Gasteiger partial charge in [0.05, 0.1) is 11.1 Å². The molecular weight excluding hydrogens is 517 g/mol. The van der Waals surface area contributed by atoms with Crippen molar-refractivity contribution in [2.24, 2.45) is 5.92 Å². The number of fused-ring (bicyclic) bond motifs is 1. The summed E-state index contributed by atoms with van der Waals surface area (Å²) in [6, 6.07) is 9.76. The second-order valence-electron chi connectivity index (χ2n) is 9.96. The minimum atomic E-state index is -4.61. The summed E-state index contributed by atoms with van der Waals surface area (Å²) in [5, 5.41) is 10.7. The fraction of sp³-hybridized carbons (Fsp3) is 0.357. The number of H-pyrrole nitrogens is 1. The lowest BCUT2D eigenvalue weighted by Gasteiger charge is -2.38. The number of hydrogen-bond donors (Lipinski definition) is 2. The average Bonchev–Trinajstić information content (AvgIpc) is 3.32. The van der Waals surface area contributed by atoms with Gasteiger partial charge in [0.15, 0.2) is 5.65 Å². The third-order valence-corrected chi connectivity index (χ3v) is 7.30. The normalized spacial score (nSPS) is 19.9. The van der Waals surface area contributed by atoms with Gasteiger partial charge >= 0.3 is 6.18 Å². The van der Waals surface area contributed by atoms with Crippen molar-refractivity contribution in [3.63, 3.8) is 0 Å². The fourth-order valence-electron chi connectivity index (χ4n) is 5.51. The van der Waals surface area contributed by atoms with E-state index in [0.29, 0.717) is 23.1 Å². The number of aromatic nitrogens is 4. The summed E-state index contributed by atoms with van der Waals surface area (Å²) in [5.41, 5.74) is 2.04. The number of halogens is 5. The van der Waals surface area contributed by atoms with Crippen molar-refractivity contribution in [2.75, 3.05) is 0 Å². The molecule has 3 heterocycles. The molecule has 204 valence electrons. The van der Waals surface area contributed by atoms with Gasteiger partial charge in [-0.1, -0.05) is 18.2 Å². The summed E-state index contributed by atoms with van der Waals surface area (Å²) in [7, 11) is 0. The van der Waals surface area contributed by atoms with Crippen LogP contribution in [-0.4, -0.2) is 38.5 Å². The molecule has 39 heavy (non-hydrogen) atoms. The molecule has 4 aromatic rings. The Balaban J connectivity index is 1.45. The predicted molar refractivity (Wildman–Crippen MR) is 135 cm³/mol. The van der Waals surface area contributed by atoms with E-state index in [1.54, 1.807) is 18.3 Å². The number of carbonyl (C=O) groups is 1. The first kappa shape index (κ1) is 26.7. The molecule has 2 N–H and O–H groups in total. The number of amides is 1. The molecule has 1 aliphatic carbocycles. The Morgan fingerprint density at radius 3 is 2.67 bits per heavy atom. The van der Waals surface area contributed by atoms with E-state index in [2.05, 4.69) is 25.5 Å². The predicted octanol–water partition coefficient (Wildman–Crippen LogP) is 6.68. The van der Waals surface area contributed by atoms with Gasteiger partial charge < -0.3 is 5.32 Å². The van der Waals surface area contributed by atoms with Crippen molar-refractivity contribution in [3.05, 3.63) is 77.2 Å². The number of rotatable bonds is 6. The second-order valence-corrected chi connectivity index (χ2v) is 9.96. The highest BCUT2D eigenvalue weighted by Gasteiger charge is 2.40. The minimum Gasteiger partial charge on any atom is -0.349 e. The Morgan fingerprint density at radius 2 is 1.92 bits per heavy atom. The van der Waals surface area contributed by atoms with Crippen LogP contribution in [-0.2, 0) is 6.18 Å². The maximum Gasteiger partial charge on any atom is 0.416 e. The maximum atomic E-state index is 13.9. The molecule has 3 aromatic heterocycles. The van der Waals surface area contributed by atoms with Crippen molar-refractivity contribution in [3.8, 4) is 11.3 Å². The quantitative estimate of drug-likeness (QED) is 0.266. The number of nitrogens with zero attached hydrogens (tertiary/aromatic N) is 3. The van der Waals surface area contributed by atoms with Gasteiger partial charge in [0.2, 0.25) is 6.43 Å². The summed E-state index contributed by atoms with van der Waals surface area (Å²) < 4.78 is 67.9. The number of pyridine rings is 2. The van der Waals surface area contributed by atoms with Crippen molar-refractivity contribution in [1.29, 1.82) is 0 Å². The Bertz CT molecular complexity index is 1480. The van der Waals surface area contributed by atoms with Gasteiger partial charge in [0.1, 0.15) is 5.69 Å². The molecule has 5 rings (SSSR count). The van der Waals surface area contributed by atoms with Crippen molar-refractivity contribution >= 4 is 16.9 Å². The molecule has 0 aliphatic heterocycles. The van der Waals surface area contributed by atoms with E-state index in [0.717, 1.165) is 17.3 Å². The first-order valence-electron chi connectivity index (χ1n) is 12.6. The molecule has 0 spiro atoms. The lowest BCUT2D eigenvalue weighted by atomic mass is 9.72. The standard InChI is InChI=1S/C28H26F5N5O/c1-15-10-17(8-9-34-15)25-21-13-18(14-35-26(21)38-37-25)27(39)36-23-7-6-16(12-24(29)30)11-20(23)19-4-2-3-5-22(19)28(31,32)33/h2-5,8-10,13-14,16,20,23-24H,6-7,11-12H2,1H3,(H,36,39)(H,35,37,38)/t16?,20-,23+/m1/s1. The molecule has 0 radical (unpaired) electrons. The molecule has 1 saturated carbocycles. The van der Waals surface area contributed by atoms with Crippen molar-refractivity contribution in [1.82, 2.24) is 25.5 Å². The zero-order valence-electron chi connectivity index (χ0n) is 21.0. The van der Waals surface area contributed by atoms with Crippen LogP contribution in [0.3, 0.4) is 0 Å². The van der Waals surface area contributed by atoms with Crippen molar-refractivity contribution < 1.29 is 26.7 Å². The van der Waals surface area contributed by atoms with E-state index in [1.807, 2.05) is 13.0 Å². The third-order valence-electron chi connectivity index (χ3n) is 7.30. The molecule has 11 heteroatoms. The Kier molecular flexibility index (Phi) is 7.33. The molecule has 1 amide bonds. The van der Waals surface area contributed by atoms with Crippen LogP contribution in [0.2, 0.25) is 0 Å². The van der Waals surface area contributed by atoms with Gasteiger partial charge in [-0.2, -0.15) is 18.3 Å². The Labute approximate surface area is 221 Å². The minimum absolute atomic E-state index is 0.00743. The van der Waals surface area contributed by atoms with Gasteiger partial charge in [-0.05, 0) is 61.9 Å². The molecule has 1 fully saturated rings. The van der Waals surface area contributed by atoms with Gasteiger partial charge in [0, 0.05) is 47.4 Å². The Hall–Kier alpha value is -3.89. The Morgan fingerprint density at radius 1 is 1.13 bits per heavy atom. The van der Waals surface area contributed by atoms with Gasteiger partial charge in [-0.15, -0.1) is 0 Å². The summed E-state index contributed by atoms with van der Waals surface area (Å²) >= 11 is 0. The lowest BCUT2D eigenvalue weighted by Crippen LogP contribution is -2.43. The van der Waals surface area contributed by atoms with Crippen LogP contribution >= 0.6 is 0 Å². The fourth-order valence-corrected chi connectivity index (χ4v) is 5.51. The van der Waals surface area contributed by atoms with Crippen LogP contribution in [0.15, 0.2) is 54.9 Å². The van der Waals surface area contributed by atoms with E-state index >= 15 is 0 Å². The van der Waals surface area contributed by atoms with Crippen LogP contribution in [0, 0.1) is 12.8 Å². The van der Waals surface area contributed by atoms with Gasteiger partial charge in [-0.3, -0.25) is 14.9 Å². The lowest BCUT2D eigenvalue weighted by molar-refractivity contribution is -0.138. The first-order chi connectivity index (χ1) is 18.6. The maximum absolute atomic E-state index is 13.9. The number of benzene rings is 1. The van der Waals surface area contributed by atoms with Crippen molar-refractivity contribution in [2.45, 2.75) is 57.2 Å². The third kappa shape index (κ3) is 5.76. The molecule has 0 saturated heterocycles. The zero-order valence-corrected chi connectivity index (χ0v) is 21.0. The molecule has 1 aromatic carbocycles. The van der Waals surface area contributed by atoms with Crippen LogP contribution < -0.4 is 5.32 Å². The van der Waals surface area contributed by atoms with E-state index in [-0.39, 0.29) is 30.4 Å². The second kappa shape index (κ2) is 10.7. The van der Waals surface area contributed by atoms with Crippen LogP contribution in [0.5, 0.6) is 0 Å². The first-order valence-corrected chi connectivity index (χ1v) is 12.6. The highest BCUT2D eigenvalue weighted by Crippen LogP contribution is 2.43. The molecule has 1 unspecified atom stereocenters. The number of hydrogen-bond acceptors (Lipinski definition) is 4. The van der Waals surface area contributed by atoms with Crippen LogP contribution in [0.25, 0.3) is 22.3 Å². The number of alkyl halides is 5. The number of aromatic amines is 1. The summed E-state index contributed by atoms with van der Waals surface area (Å²) in [6.07, 6.45) is -3.74. The van der Waals surface area contributed by atoms with E-state index in [4.69, 9.17) is 0 Å². The molecule has 6 nitrogen and oxygen atoms in total. The highest BCUT2D eigenvalue weighted by atomic mass is 19.4. The average molecular weight is 544 g/mol. The molecular formula is C28H26F5N5O. The summed E-state index contributed by atoms with van der Waals surface area (Å²) in [6.45, 7) is 1.85. The van der Waals surface area contributed by atoms with E-state index in [9.17, 15) is 26.7 Å². The molecule has 3 atom stereocenters. The summed E-state index contributed by atoms with van der Waals surface area (Å²) in [4.78, 5) is 21.9. The number of nitrogens with one attached hydrogen (secondary N) is 2. The SMILES string of the molecule is Cc1cc(-c2n[nH]c3ncc(C(=O)N[C@H]4CCC(CC(F)F)C[C@@H]4c4ccccc4C(F)(F)F)cc23)ccn1. The monoisotopic (exact) mass is 543 g/mol.